The van der Waals surface area contributed by atoms with Crippen LogP contribution in [0.15, 0.2) is 46.9 Å². The largest absolute Gasteiger partial charge is 0.488 e. The molecule has 0 unspecified atom stereocenters. The van der Waals surface area contributed by atoms with Crippen molar-refractivity contribution in [1.82, 2.24) is 0 Å². The molecule has 2 aromatic rings. The van der Waals surface area contributed by atoms with Gasteiger partial charge in [-0.3, -0.25) is 0 Å². The summed E-state index contributed by atoms with van der Waals surface area (Å²) in [5, 5.41) is 0. The average Bonchev–Trinajstić information content (AvgIpc) is 2.39. The second-order valence-electron chi connectivity index (χ2n) is 4.08. The SMILES string of the molecule is Cc1cccc(CCl)c1OCc1ccccc1Br. The summed E-state index contributed by atoms with van der Waals surface area (Å²) in [5.74, 6) is 1.36. The van der Waals surface area contributed by atoms with E-state index >= 15 is 0 Å². The van der Waals surface area contributed by atoms with Crippen LogP contribution in [0.25, 0.3) is 0 Å². The second kappa shape index (κ2) is 6.26. The van der Waals surface area contributed by atoms with Crippen LogP contribution in [0.2, 0.25) is 0 Å². The van der Waals surface area contributed by atoms with E-state index in [1.165, 1.54) is 0 Å². The summed E-state index contributed by atoms with van der Waals surface area (Å²) in [5.41, 5.74) is 3.27. The van der Waals surface area contributed by atoms with Gasteiger partial charge in [-0.1, -0.05) is 52.3 Å². The lowest BCUT2D eigenvalue weighted by Gasteiger charge is -2.13. The average molecular weight is 326 g/mol. The van der Waals surface area contributed by atoms with E-state index in [1.54, 1.807) is 0 Å². The maximum atomic E-state index is 5.93. The molecule has 0 amide bonds. The van der Waals surface area contributed by atoms with E-state index in [2.05, 4.69) is 15.9 Å². The second-order valence-corrected chi connectivity index (χ2v) is 5.20. The van der Waals surface area contributed by atoms with Crippen LogP contribution < -0.4 is 4.74 Å². The Balaban J connectivity index is 2.18. The molecule has 0 saturated carbocycles. The maximum Gasteiger partial charge on any atom is 0.127 e. The van der Waals surface area contributed by atoms with E-state index < -0.39 is 0 Å². The number of hydrogen-bond acceptors (Lipinski definition) is 1. The number of rotatable bonds is 4. The molecule has 2 rings (SSSR count). The Bertz CT molecular complexity index is 540. The first-order valence-corrected chi connectivity index (χ1v) is 7.06. The molecule has 0 saturated heterocycles. The van der Waals surface area contributed by atoms with Crippen molar-refractivity contribution < 1.29 is 4.74 Å². The van der Waals surface area contributed by atoms with E-state index in [1.807, 2.05) is 49.4 Å². The van der Waals surface area contributed by atoms with Crippen molar-refractivity contribution >= 4 is 27.5 Å². The van der Waals surface area contributed by atoms with Crippen LogP contribution in [0.1, 0.15) is 16.7 Å². The van der Waals surface area contributed by atoms with E-state index in [0.717, 1.165) is 26.9 Å². The van der Waals surface area contributed by atoms with Crippen LogP contribution in [-0.4, -0.2) is 0 Å². The summed E-state index contributed by atoms with van der Waals surface area (Å²) < 4.78 is 6.97. The number of ether oxygens (including phenoxy) is 1. The smallest absolute Gasteiger partial charge is 0.127 e. The van der Waals surface area contributed by atoms with Crippen molar-refractivity contribution in [2.45, 2.75) is 19.4 Å². The predicted octanol–water partition coefficient (Wildman–Crippen LogP) is 5.08. The molecule has 0 spiro atoms. The quantitative estimate of drug-likeness (QED) is 0.713. The Morgan fingerprint density at radius 1 is 1.06 bits per heavy atom. The lowest BCUT2D eigenvalue weighted by Crippen LogP contribution is -2.00. The minimum absolute atomic E-state index is 0.465. The van der Waals surface area contributed by atoms with Gasteiger partial charge in [-0.2, -0.15) is 0 Å². The molecule has 0 radical (unpaired) electrons. The van der Waals surface area contributed by atoms with E-state index in [-0.39, 0.29) is 0 Å². The minimum atomic E-state index is 0.465. The van der Waals surface area contributed by atoms with Crippen molar-refractivity contribution in [2.75, 3.05) is 0 Å². The monoisotopic (exact) mass is 324 g/mol. The van der Waals surface area contributed by atoms with Gasteiger partial charge < -0.3 is 4.74 Å². The molecular formula is C15H14BrClO. The van der Waals surface area contributed by atoms with Crippen LogP contribution in [0, 0.1) is 6.92 Å². The molecule has 0 bridgehead atoms. The minimum Gasteiger partial charge on any atom is -0.488 e. The van der Waals surface area contributed by atoms with Crippen molar-refractivity contribution in [1.29, 1.82) is 0 Å². The van der Waals surface area contributed by atoms with Gasteiger partial charge in [-0.25, -0.2) is 0 Å². The molecule has 0 fully saturated rings. The number of alkyl halides is 1. The molecule has 0 aromatic heterocycles. The van der Waals surface area contributed by atoms with Gasteiger partial charge in [0.05, 0.1) is 5.88 Å². The fourth-order valence-corrected chi connectivity index (χ4v) is 2.40. The van der Waals surface area contributed by atoms with Gasteiger partial charge in [0, 0.05) is 15.6 Å². The summed E-state index contributed by atoms with van der Waals surface area (Å²) in [7, 11) is 0. The highest BCUT2D eigenvalue weighted by Gasteiger charge is 2.07. The molecular weight excluding hydrogens is 312 g/mol. The van der Waals surface area contributed by atoms with Crippen LogP contribution in [0.5, 0.6) is 5.75 Å². The molecule has 3 heteroatoms. The zero-order chi connectivity index (χ0) is 13.0. The van der Waals surface area contributed by atoms with Crippen molar-refractivity contribution in [2.24, 2.45) is 0 Å². The Morgan fingerprint density at radius 3 is 2.50 bits per heavy atom. The molecule has 0 atom stereocenters. The summed E-state index contributed by atoms with van der Waals surface area (Å²) in [6, 6.07) is 14.1. The van der Waals surface area contributed by atoms with Crippen molar-refractivity contribution in [3.63, 3.8) is 0 Å². The standard InChI is InChI=1S/C15H14BrClO/c1-11-5-4-7-12(9-17)15(11)18-10-13-6-2-3-8-14(13)16/h2-8H,9-10H2,1H3. The lowest BCUT2D eigenvalue weighted by atomic mass is 10.1. The van der Waals surface area contributed by atoms with Gasteiger partial charge in [0.25, 0.3) is 0 Å². The topological polar surface area (TPSA) is 9.23 Å². The molecule has 0 heterocycles. The zero-order valence-corrected chi connectivity index (χ0v) is 12.5. The van der Waals surface area contributed by atoms with Crippen molar-refractivity contribution in [3.8, 4) is 5.75 Å². The summed E-state index contributed by atoms with van der Waals surface area (Å²) in [6.07, 6.45) is 0. The van der Waals surface area contributed by atoms with E-state index in [4.69, 9.17) is 16.3 Å². The Kier molecular flexibility index (Phi) is 4.67. The highest BCUT2D eigenvalue weighted by molar-refractivity contribution is 9.10. The fourth-order valence-electron chi connectivity index (χ4n) is 1.79. The van der Waals surface area contributed by atoms with Crippen LogP contribution in [-0.2, 0) is 12.5 Å². The summed E-state index contributed by atoms with van der Waals surface area (Å²) in [4.78, 5) is 0. The molecule has 0 aliphatic heterocycles. The third-order valence-electron chi connectivity index (χ3n) is 2.77. The molecule has 0 N–H and O–H groups in total. The molecule has 2 aromatic carbocycles. The Labute approximate surface area is 121 Å². The number of para-hydroxylation sites is 1. The third kappa shape index (κ3) is 3.06. The summed E-state index contributed by atoms with van der Waals surface area (Å²) in [6.45, 7) is 2.57. The summed E-state index contributed by atoms with van der Waals surface area (Å²) >= 11 is 9.45. The van der Waals surface area contributed by atoms with E-state index in [0.29, 0.717) is 12.5 Å². The third-order valence-corrected chi connectivity index (χ3v) is 3.83. The highest BCUT2D eigenvalue weighted by atomic mass is 79.9. The molecule has 18 heavy (non-hydrogen) atoms. The number of benzene rings is 2. The van der Waals surface area contributed by atoms with Gasteiger partial charge in [-0.15, -0.1) is 11.6 Å². The highest BCUT2D eigenvalue weighted by Crippen LogP contribution is 2.27. The first-order valence-electron chi connectivity index (χ1n) is 5.73. The van der Waals surface area contributed by atoms with Gasteiger partial charge >= 0.3 is 0 Å². The normalized spacial score (nSPS) is 10.4. The van der Waals surface area contributed by atoms with Crippen molar-refractivity contribution in [3.05, 3.63) is 63.6 Å². The van der Waals surface area contributed by atoms with Crippen LogP contribution in [0.3, 0.4) is 0 Å². The zero-order valence-electron chi connectivity index (χ0n) is 10.1. The van der Waals surface area contributed by atoms with Crippen LogP contribution >= 0.6 is 27.5 Å². The Hall–Kier alpha value is -0.990. The fraction of sp³-hybridized carbons (Fsp3) is 0.200. The first-order chi connectivity index (χ1) is 8.72. The number of hydrogen-bond donors (Lipinski definition) is 0. The van der Waals surface area contributed by atoms with E-state index in [9.17, 15) is 0 Å². The predicted molar refractivity (Wildman–Crippen MR) is 79.2 cm³/mol. The Morgan fingerprint density at radius 2 is 1.78 bits per heavy atom. The molecule has 94 valence electrons. The lowest BCUT2D eigenvalue weighted by molar-refractivity contribution is 0.301. The molecule has 0 aliphatic rings. The number of halogens is 2. The van der Waals surface area contributed by atoms with Gasteiger partial charge in [0.2, 0.25) is 0 Å². The van der Waals surface area contributed by atoms with Crippen LogP contribution in [0.4, 0.5) is 0 Å². The van der Waals surface area contributed by atoms with Gasteiger partial charge in [0.15, 0.2) is 0 Å². The maximum absolute atomic E-state index is 5.93. The number of aryl methyl sites for hydroxylation is 1. The first kappa shape index (κ1) is 13.4. The molecule has 1 nitrogen and oxygen atoms in total. The molecule has 0 aliphatic carbocycles. The van der Waals surface area contributed by atoms with Gasteiger partial charge in [0.1, 0.15) is 12.4 Å². The van der Waals surface area contributed by atoms with Gasteiger partial charge in [-0.05, 0) is 18.6 Å².